The van der Waals surface area contributed by atoms with Crippen molar-refractivity contribution < 1.29 is 9.90 Å². The van der Waals surface area contributed by atoms with Gasteiger partial charge >= 0.3 is 0 Å². The Morgan fingerprint density at radius 1 is 1.12 bits per heavy atom. The van der Waals surface area contributed by atoms with E-state index in [1.165, 1.54) is 25.7 Å². The summed E-state index contributed by atoms with van der Waals surface area (Å²) in [6.45, 7) is 11.2. The van der Waals surface area contributed by atoms with Crippen LogP contribution in [0.4, 0.5) is 0 Å². The summed E-state index contributed by atoms with van der Waals surface area (Å²) >= 11 is 0. The molecular weight excluding hydrogens is 412 g/mol. The topological polar surface area (TPSA) is 80.0 Å². The Bertz CT molecular complexity index is 938. The summed E-state index contributed by atoms with van der Waals surface area (Å²) in [5.74, 6) is 3.20. The Hall–Kier alpha value is -1.69. The molecule has 1 aromatic heterocycles. The van der Waals surface area contributed by atoms with Crippen LogP contribution in [-0.2, 0) is 11.3 Å². The summed E-state index contributed by atoms with van der Waals surface area (Å²) in [5.41, 5.74) is 1.39. The van der Waals surface area contributed by atoms with Crippen molar-refractivity contribution in [3.63, 3.8) is 0 Å². The number of rotatable bonds is 5. The highest BCUT2D eigenvalue weighted by atomic mass is 16.3. The van der Waals surface area contributed by atoms with E-state index in [-0.39, 0.29) is 17.9 Å². The second-order valence-electron chi connectivity index (χ2n) is 12.5. The molecule has 0 spiro atoms. The summed E-state index contributed by atoms with van der Waals surface area (Å²) in [4.78, 5) is 15.0. The summed E-state index contributed by atoms with van der Waals surface area (Å²) < 4.78 is 0. The van der Waals surface area contributed by atoms with Gasteiger partial charge in [-0.2, -0.15) is 15.0 Å². The van der Waals surface area contributed by atoms with Gasteiger partial charge in [-0.25, -0.2) is 0 Å². The van der Waals surface area contributed by atoms with E-state index in [2.05, 4.69) is 35.9 Å². The van der Waals surface area contributed by atoms with E-state index >= 15 is 0 Å². The van der Waals surface area contributed by atoms with Crippen molar-refractivity contribution in [1.82, 2.24) is 20.3 Å². The zero-order valence-corrected chi connectivity index (χ0v) is 20.9. The number of hydrogen-bond donors (Lipinski definition) is 2. The van der Waals surface area contributed by atoms with Gasteiger partial charge in [0.1, 0.15) is 12.2 Å². The second-order valence-corrected chi connectivity index (χ2v) is 12.5. The molecule has 4 fully saturated rings. The lowest BCUT2D eigenvalue weighted by Crippen LogP contribution is -2.55. The Balaban J connectivity index is 1.31. The summed E-state index contributed by atoms with van der Waals surface area (Å²) in [6.07, 6.45) is 11.8. The van der Waals surface area contributed by atoms with Gasteiger partial charge in [0.05, 0.1) is 17.5 Å². The van der Waals surface area contributed by atoms with Crippen LogP contribution in [0, 0.1) is 40.4 Å². The molecule has 4 aliphatic carbocycles. The van der Waals surface area contributed by atoms with Crippen molar-refractivity contribution in [3.05, 3.63) is 18.5 Å². The van der Waals surface area contributed by atoms with E-state index < -0.39 is 5.60 Å². The first-order chi connectivity index (χ1) is 15.6. The predicted octanol–water partition coefficient (Wildman–Crippen LogP) is 4.45. The highest BCUT2D eigenvalue weighted by Gasteiger charge is 2.61. The third kappa shape index (κ3) is 3.67. The lowest BCUT2D eigenvalue weighted by molar-refractivity contribution is -0.151. The fourth-order valence-corrected chi connectivity index (χ4v) is 8.85. The highest BCUT2D eigenvalue weighted by Crippen LogP contribution is 2.68. The fourth-order valence-electron chi connectivity index (χ4n) is 8.85. The van der Waals surface area contributed by atoms with Gasteiger partial charge in [-0.3, -0.25) is 4.79 Å². The first-order valence-electron chi connectivity index (χ1n) is 13.1. The van der Waals surface area contributed by atoms with E-state index in [4.69, 9.17) is 0 Å². The molecule has 33 heavy (non-hydrogen) atoms. The molecule has 5 rings (SSSR count). The molecule has 4 aliphatic rings. The number of fused-ring (bicyclic) bond motifs is 5. The Labute approximate surface area is 198 Å². The SMILES string of the molecule is C=C(NC)c1cnn(CC(=O)[C@H]2CC[C@H]3[C@@H]4CC[C@H]5C[C@](C)(O)CC[C@]5(C)[C@H]4CC[C@]23C)n1. The molecule has 6 heteroatoms. The number of Topliss-reactive ketones (excluding diaryl/α,β-unsaturated/α-hetero) is 1. The molecule has 2 N–H and O–H groups in total. The number of nitrogens with one attached hydrogen (secondary N) is 1. The Kier molecular flexibility index (Phi) is 5.54. The zero-order valence-electron chi connectivity index (χ0n) is 20.9. The number of aromatic nitrogens is 3. The minimum atomic E-state index is -0.481. The van der Waals surface area contributed by atoms with Gasteiger partial charge in [-0.05, 0) is 99.2 Å². The third-order valence-electron chi connectivity index (χ3n) is 10.8. The van der Waals surface area contributed by atoms with E-state index in [0.717, 1.165) is 43.9 Å². The van der Waals surface area contributed by atoms with Crippen LogP contribution in [0.3, 0.4) is 0 Å². The third-order valence-corrected chi connectivity index (χ3v) is 10.8. The van der Waals surface area contributed by atoms with Crippen LogP contribution in [0.5, 0.6) is 0 Å². The molecule has 8 atom stereocenters. The normalized spacial score (nSPS) is 44.5. The molecule has 0 unspecified atom stereocenters. The number of aliphatic hydroxyl groups is 1. The van der Waals surface area contributed by atoms with Crippen LogP contribution in [-0.4, -0.2) is 38.5 Å². The smallest absolute Gasteiger partial charge is 0.159 e. The van der Waals surface area contributed by atoms with Crippen LogP contribution >= 0.6 is 0 Å². The van der Waals surface area contributed by atoms with Crippen molar-refractivity contribution in [2.24, 2.45) is 40.4 Å². The molecule has 1 heterocycles. The first kappa shape index (κ1) is 23.1. The van der Waals surface area contributed by atoms with Crippen LogP contribution in [0.25, 0.3) is 5.70 Å². The van der Waals surface area contributed by atoms with Crippen molar-refractivity contribution >= 4 is 11.5 Å². The molecule has 0 radical (unpaired) electrons. The van der Waals surface area contributed by atoms with E-state index in [9.17, 15) is 9.90 Å². The van der Waals surface area contributed by atoms with Gasteiger partial charge in [-0.15, -0.1) is 0 Å². The molecule has 0 aromatic carbocycles. The Morgan fingerprint density at radius 2 is 1.88 bits per heavy atom. The van der Waals surface area contributed by atoms with Crippen molar-refractivity contribution in [1.29, 1.82) is 0 Å². The Morgan fingerprint density at radius 3 is 2.64 bits per heavy atom. The molecule has 6 nitrogen and oxygen atoms in total. The predicted molar refractivity (Wildman–Crippen MR) is 129 cm³/mol. The molecule has 0 amide bonds. The van der Waals surface area contributed by atoms with E-state index in [0.29, 0.717) is 34.4 Å². The van der Waals surface area contributed by atoms with Crippen molar-refractivity contribution in [2.45, 2.75) is 90.7 Å². The number of nitrogens with zero attached hydrogens (tertiary/aromatic N) is 3. The van der Waals surface area contributed by atoms with Crippen molar-refractivity contribution in [2.75, 3.05) is 7.05 Å². The monoisotopic (exact) mass is 454 g/mol. The van der Waals surface area contributed by atoms with Crippen molar-refractivity contribution in [3.8, 4) is 0 Å². The van der Waals surface area contributed by atoms with Gasteiger partial charge < -0.3 is 10.4 Å². The quantitative estimate of drug-likeness (QED) is 0.687. The summed E-state index contributed by atoms with van der Waals surface area (Å²) in [5, 5.41) is 22.5. The average molecular weight is 455 g/mol. The lowest BCUT2D eigenvalue weighted by Gasteiger charge is -2.61. The summed E-state index contributed by atoms with van der Waals surface area (Å²) in [7, 11) is 1.81. The van der Waals surface area contributed by atoms with Gasteiger partial charge in [0.15, 0.2) is 5.78 Å². The van der Waals surface area contributed by atoms with Crippen LogP contribution in [0.2, 0.25) is 0 Å². The van der Waals surface area contributed by atoms with Gasteiger partial charge in [-0.1, -0.05) is 20.4 Å². The number of carbonyl (C=O) groups is 1. The van der Waals surface area contributed by atoms with Gasteiger partial charge in [0.2, 0.25) is 0 Å². The van der Waals surface area contributed by atoms with E-state index in [1.54, 1.807) is 11.0 Å². The maximum absolute atomic E-state index is 13.5. The maximum atomic E-state index is 13.5. The average Bonchev–Trinajstić information content (AvgIpc) is 3.37. The van der Waals surface area contributed by atoms with E-state index in [1.807, 2.05) is 14.0 Å². The number of hydrogen-bond acceptors (Lipinski definition) is 5. The van der Waals surface area contributed by atoms with Crippen LogP contribution in [0.15, 0.2) is 12.8 Å². The molecule has 0 aliphatic heterocycles. The van der Waals surface area contributed by atoms with Crippen LogP contribution < -0.4 is 5.32 Å². The molecule has 1 aromatic rings. The largest absolute Gasteiger partial charge is 0.390 e. The number of ketones is 1. The summed E-state index contributed by atoms with van der Waals surface area (Å²) in [6, 6.07) is 0. The minimum Gasteiger partial charge on any atom is -0.390 e. The molecular formula is C27H42N4O2. The van der Waals surface area contributed by atoms with Crippen LogP contribution in [0.1, 0.15) is 84.3 Å². The maximum Gasteiger partial charge on any atom is 0.159 e. The van der Waals surface area contributed by atoms with Gasteiger partial charge in [0.25, 0.3) is 0 Å². The zero-order chi connectivity index (χ0) is 23.6. The molecule has 4 saturated carbocycles. The molecule has 0 saturated heterocycles. The fraction of sp³-hybridized carbons (Fsp3) is 0.815. The molecule has 182 valence electrons. The lowest BCUT2D eigenvalue weighted by atomic mass is 9.44. The first-order valence-corrected chi connectivity index (χ1v) is 13.1. The van der Waals surface area contributed by atoms with Gasteiger partial charge in [0, 0.05) is 13.0 Å². The standard InChI is InChI=1S/C27H42N4O2/c1-17(28-5)23-15-29-31(30-23)16-24(32)22-9-8-20-19-7-6-18-14-25(2,33)12-13-26(18,3)21(19)10-11-27(20,22)4/h15,18-22,28,33H,1,6-14,16H2,2-5H3/t18-,19-,20-,21-,22+,25+,26-,27-/m0/s1. The highest BCUT2D eigenvalue weighted by molar-refractivity contribution is 5.82. The molecule has 0 bridgehead atoms. The second kappa shape index (κ2) is 7.93. The minimum absolute atomic E-state index is 0.103. The number of carbonyl (C=O) groups excluding carboxylic acids is 1.